The van der Waals surface area contributed by atoms with Crippen LogP contribution in [0.4, 0.5) is 0 Å². The van der Waals surface area contributed by atoms with Crippen molar-refractivity contribution in [3.8, 4) is 5.75 Å². The highest BCUT2D eigenvalue weighted by atomic mass is 16.5. The molecule has 0 fully saturated rings. The number of nitrogens with zero attached hydrogens (tertiary/aromatic N) is 1. The van der Waals surface area contributed by atoms with E-state index in [1.807, 2.05) is 32.0 Å². The van der Waals surface area contributed by atoms with Crippen molar-refractivity contribution in [3.05, 3.63) is 29.3 Å². The molecule has 0 spiro atoms. The molecule has 4 nitrogen and oxygen atoms in total. The number of carbonyl (C=O) groups is 1. The fourth-order valence-corrected chi connectivity index (χ4v) is 1.65. The monoisotopic (exact) mass is 236 g/mol. The van der Waals surface area contributed by atoms with Gasteiger partial charge in [-0.05, 0) is 31.0 Å². The normalized spacial score (nSPS) is 10.1. The van der Waals surface area contributed by atoms with E-state index < -0.39 is 0 Å². The molecule has 0 unspecified atom stereocenters. The smallest absolute Gasteiger partial charge is 0.236 e. The van der Waals surface area contributed by atoms with Gasteiger partial charge in [0.05, 0.1) is 13.2 Å². The third kappa shape index (κ3) is 3.75. The maximum absolute atomic E-state index is 11.3. The molecule has 17 heavy (non-hydrogen) atoms. The molecular weight excluding hydrogens is 216 g/mol. The number of hydrogen-bond acceptors (Lipinski definition) is 3. The largest absolute Gasteiger partial charge is 0.494 e. The summed E-state index contributed by atoms with van der Waals surface area (Å²) in [6, 6.07) is 5.94. The quantitative estimate of drug-likeness (QED) is 0.838. The van der Waals surface area contributed by atoms with Gasteiger partial charge in [-0.2, -0.15) is 0 Å². The predicted octanol–water partition coefficient (Wildman–Crippen LogP) is 1.31. The summed E-state index contributed by atoms with van der Waals surface area (Å²) in [7, 11) is 1.75. The van der Waals surface area contributed by atoms with Gasteiger partial charge in [0.25, 0.3) is 0 Å². The molecule has 0 aliphatic rings. The minimum Gasteiger partial charge on any atom is -0.494 e. The van der Waals surface area contributed by atoms with E-state index in [1.54, 1.807) is 11.9 Å². The van der Waals surface area contributed by atoms with Crippen LogP contribution in [-0.2, 0) is 11.3 Å². The van der Waals surface area contributed by atoms with Gasteiger partial charge in [-0.3, -0.25) is 4.79 Å². The Balaban J connectivity index is 2.73. The summed E-state index contributed by atoms with van der Waals surface area (Å²) in [5.74, 6) is 0.834. The molecule has 0 aliphatic heterocycles. The summed E-state index contributed by atoms with van der Waals surface area (Å²) >= 11 is 0. The van der Waals surface area contributed by atoms with Gasteiger partial charge in [0.1, 0.15) is 5.75 Å². The lowest BCUT2D eigenvalue weighted by Gasteiger charge is -2.17. The lowest BCUT2D eigenvalue weighted by molar-refractivity contribution is -0.128. The van der Waals surface area contributed by atoms with Crippen molar-refractivity contribution in [2.75, 3.05) is 20.2 Å². The van der Waals surface area contributed by atoms with E-state index in [4.69, 9.17) is 10.5 Å². The Morgan fingerprint density at radius 3 is 2.71 bits per heavy atom. The van der Waals surface area contributed by atoms with Crippen molar-refractivity contribution >= 4 is 5.91 Å². The zero-order valence-corrected chi connectivity index (χ0v) is 10.7. The number of carbonyl (C=O) groups excluding carboxylic acids is 1. The molecule has 94 valence electrons. The highest BCUT2D eigenvalue weighted by molar-refractivity contribution is 5.77. The predicted molar refractivity (Wildman–Crippen MR) is 67.9 cm³/mol. The summed E-state index contributed by atoms with van der Waals surface area (Å²) in [6.07, 6.45) is 0. The molecule has 0 saturated heterocycles. The number of nitrogens with two attached hydrogens (primary N) is 1. The fourth-order valence-electron chi connectivity index (χ4n) is 1.65. The van der Waals surface area contributed by atoms with Crippen LogP contribution in [0.3, 0.4) is 0 Å². The van der Waals surface area contributed by atoms with Gasteiger partial charge in [0.15, 0.2) is 0 Å². The Hall–Kier alpha value is -1.55. The molecular formula is C13H20N2O2. The van der Waals surface area contributed by atoms with Crippen LogP contribution >= 0.6 is 0 Å². The number of rotatable bonds is 5. The van der Waals surface area contributed by atoms with Gasteiger partial charge in [0.2, 0.25) is 5.91 Å². The first-order chi connectivity index (χ1) is 8.08. The zero-order valence-electron chi connectivity index (χ0n) is 10.7. The second kappa shape index (κ2) is 6.25. The average molecular weight is 236 g/mol. The van der Waals surface area contributed by atoms with Crippen LogP contribution in [0.25, 0.3) is 0 Å². The Morgan fingerprint density at radius 1 is 1.47 bits per heavy atom. The molecule has 0 aliphatic carbocycles. The van der Waals surface area contributed by atoms with E-state index >= 15 is 0 Å². The van der Waals surface area contributed by atoms with Gasteiger partial charge in [-0.1, -0.05) is 12.1 Å². The van der Waals surface area contributed by atoms with Crippen LogP contribution in [0.1, 0.15) is 18.1 Å². The van der Waals surface area contributed by atoms with Crippen molar-refractivity contribution < 1.29 is 9.53 Å². The minimum absolute atomic E-state index is 0.0481. The standard InChI is InChI=1S/C13H20N2O2/c1-4-17-12-6-5-11(7-10(12)2)9-15(3)13(16)8-14/h5-7H,4,8-9,14H2,1-3H3. The molecule has 1 amide bonds. The lowest BCUT2D eigenvalue weighted by atomic mass is 10.1. The number of amides is 1. The lowest BCUT2D eigenvalue weighted by Crippen LogP contribution is -2.32. The van der Waals surface area contributed by atoms with Crippen molar-refractivity contribution in [2.45, 2.75) is 20.4 Å². The molecule has 1 aromatic rings. The van der Waals surface area contributed by atoms with Crippen LogP contribution in [-0.4, -0.2) is 31.0 Å². The third-order valence-corrected chi connectivity index (χ3v) is 2.56. The summed E-state index contributed by atoms with van der Waals surface area (Å²) in [5, 5.41) is 0. The zero-order chi connectivity index (χ0) is 12.8. The molecule has 0 heterocycles. The number of hydrogen-bond donors (Lipinski definition) is 1. The second-order valence-corrected chi connectivity index (χ2v) is 3.99. The molecule has 2 N–H and O–H groups in total. The molecule has 0 saturated carbocycles. The van der Waals surface area contributed by atoms with Gasteiger partial charge in [-0.25, -0.2) is 0 Å². The summed E-state index contributed by atoms with van der Waals surface area (Å²) in [6.45, 7) is 5.24. The molecule has 1 aromatic carbocycles. The van der Waals surface area contributed by atoms with E-state index in [1.165, 1.54) is 0 Å². The highest BCUT2D eigenvalue weighted by Gasteiger charge is 2.08. The topological polar surface area (TPSA) is 55.6 Å². The van der Waals surface area contributed by atoms with E-state index in [0.29, 0.717) is 13.2 Å². The summed E-state index contributed by atoms with van der Waals surface area (Å²) in [5.41, 5.74) is 7.47. The van der Waals surface area contributed by atoms with E-state index in [0.717, 1.165) is 16.9 Å². The maximum atomic E-state index is 11.3. The molecule has 0 atom stereocenters. The third-order valence-electron chi connectivity index (χ3n) is 2.56. The van der Waals surface area contributed by atoms with Crippen molar-refractivity contribution in [1.29, 1.82) is 0 Å². The highest BCUT2D eigenvalue weighted by Crippen LogP contribution is 2.19. The molecule has 0 bridgehead atoms. The molecule has 1 rings (SSSR count). The number of ether oxygens (including phenoxy) is 1. The first-order valence-electron chi connectivity index (χ1n) is 5.74. The number of likely N-dealkylation sites (N-methyl/N-ethyl adjacent to an activating group) is 1. The molecule has 0 radical (unpaired) electrons. The van der Waals surface area contributed by atoms with Crippen molar-refractivity contribution in [3.63, 3.8) is 0 Å². The Labute approximate surface area is 102 Å². The second-order valence-electron chi connectivity index (χ2n) is 3.99. The van der Waals surface area contributed by atoms with E-state index in [9.17, 15) is 4.79 Å². The Morgan fingerprint density at radius 2 is 2.18 bits per heavy atom. The van der Waals surface area contributed by atoms with Gasteiger partial charge in [0, 0.05) is 13.6 Å². The number of aryl methyl sites for hydroxylation is 1. The first kappa shape index (κ1) is 13.5. The summed E-state index contributed by atoms with van der Waals surface area (Å²) in [4.78, 5) is 13.0. The van der Waals surface area contributed by atoms with E-state index in [2.05, 4.69) is 0 Å². The molecule has 4 heteroatoms. The van der Waals surface area contributed by atoms with Crippen molar-refractivity contribution in [1.82, 2.24) is 4.90 Å². The summed E-state index contributed by atoms with van der Waals surface area (Å²) < 4.78 is 5.46. The molecule has 0 aromatic heterocycles. The van der Waals surface area contributed by atoms with Crippen molar-refractivity contribution in [2.24, 2.45) is 5.73 Å². The van der Waals surface area contributed by atoms with Gasteiger partial charge < -0.3 is 15.4 Å². The Kier molecular flexibility index (Phi) is 4.97. The van der Waals surface area contributed by atoms with Gasteiger partial charge in [-0.15, -0.1) is 0 Å². The fraction of sp³-hybridized carbons (Fsp3) is 0.462. The minimum atomic E-state index is -0.0588. The Bertz CT molecular complexity index is 391. The van der Waals surface area contributed by atoms with Crippen LogP contribution in [0.5, 0.6) is 5.75 Å². The maximum Gasteiger partial charge on any atom is 0.236 e. The van der Waals surface area contributed by atoms with Crippen LogP contribution in [0.15, 0.2) is 18.2 Å². The van der Waals surface area contributed by atoms with Gasteiger partial charge >= 0.3 is 0 Å². The average Bonchev–Trinajstić information content (AvgIpc) is 2.31. The SMILES string of the molecule is CCOc1ccc(CN(C)C(=O)CN)cc1C. The van der Waals surface area contributed by atoms with Crippen LogP contribution in [0.2, 0.25) is 0 Å². The van der Waals surface area contributed by atoms with Crippen LogP contribution in [0, 0.1) is 6.92 Å². The first-order valence-corrected chi connectivity index (χ1v) is 5.74. The number of benzene rings is 1. The van der Waals surface area contributed by atoms with E-state index in [-0.39, 0.29) is 12.5 Å². The van der Waals surface area contributed by atoms with Crippen LogP contribution < -0.4 is 10.5 Å².